The van der Waals surface area contributed by atoms with Gasteiger partial charge in [-0.2, -0.15) is 0 Å². The van der Waals surface area contributed by atoms with E-state index in [1.807, 2.05) is 0 Å². The van der Waals surface area contributed by atoms with Gasteiger partial charge in [0, 0.05) is 5.92 Å². The molecular formula is C10H15+. The minimum Gasteiger partial charge on any atom is -0.0415 e. The summed E-state index contributed by atoms with van der Waals surface area (Å²) < 4.78 is 0. The Morgan fingerprint density at radius 2 is 1.70 bits per heavy atom. The van der Waals surface area contributed by atoms with E-state index in [1.54, 1.807) is 12.8 Å². The van der Waals surface area contributed by atoms with Crippen LogP contribution in [0.5, 0.6) is 0 Å². The second kappa shape index (κ2) is 1.54. The van der Waals surface area contributed by atoms with E-state index in [-0.39, 0.29) is 0 Å². The zero-order chi connectivity index (χ0) is 6.60. The van der Waals surface area contributed by atoms with Crippen LogP contribution in [0.1, 0.15) is 38.5 Å². The Kier molecular flexibility index (Phi) is 0.850. The fourth-order valence-corrected chi connectivity index (χ4v) is 3.19. The topological polar surface area (TPSA) is 0 Å². The van der Waals surface area contributed by atoms with E-state index < -0.39 is 0 Å². The normalized spacial score (nSPS) is 47.2. The minimum atomic E-state index is 0.821. The average molecular weight is 135 g/mol. The van der Waals surface area contributed by atoms with Gasteiger partial charge in [0.2, 0.25) is 0 Å². The third kappa shape index (κ3) is 0.555. The zero-order valence-electron chi connectivity index (χ0n) is 6.47. The molecule has 0 aliphatic heterocycles. The highest BCUT2D eigenvalue weighted by molar-refractivity contribution is 5.15. The molecule has 0 aromatic heterocycles. The first-order chi connectivity index (χ1) is 4.89. The van der Waals surface area contributed by atoms with E-state index in [9.17, 15) is 0 Å². The maximum Gasteiger partial charge on any atom is 0.111 e. The first-order valence-electron chi connectivity index (χ1n) is 4.75. The minimum absolute atomic E-state index is 0.821. The predicted molar refractivity (Wildman–Crippen MR) is 41.4 cm³/mol. The lowest BCUT2D eigenvalue weighted by molar-refractivity contribution is 0.145. The van der Waals surface area contributed by atoms with Gasteiger partial charge in [0.15, 0.2) is 0 Å². The molecule has 4 saturated carbocycles. The highest BCUT2D eigenvalue weighted by Gasteiger charge is 2.62. The summed E-state index contributed by atoms with van der Waals surface area (Å²) in [6, 6.07) is 0. The fourth-order valence-electron chi connectivity index (χ4n) is 3.19. The monoisotopic (exact) mass is 135 g/mol. The van der Waals surface area contributed by atoms with Crippen LogP contribution in [-0.2, 0) is 0 Å². The lowest BCUT2D eigenvalue weighted by atomic mass is 9.63. The van der Waals surface area contributed by atoms with Crippen molar-refractivity contribution in [2.45, 2.75) is 38.5 Å². The molecule has 0 saturated heterocycles. The van der Waals surface area contributed by atoms with Crippen molar-refractivity contribution >= 4 is 0 Å². The number of hydrogen-bond donors (Lipinski definition) is 0. The molecule has 4 fully saturated rings. The van der Waals surface area contributed by atoms with Crippen LogP contribution in [0.25, 0.3) is 0 Å². The molecule has 1 spiro atoms. The Labute approximate surface area is 63.0 Å². The van der Waals surface area contributed by atoms with Gasteiger partial charge in [-0.25, -0.2) is 0 Å². The summed E-state index contributed by atoms with van der Waals surface area (Å²) in [6.07, 6.45) is 11.9. The zero-order valence-corrected chi connectivity index (χ0v) is 6.47. The Balaban J connectivity index is 1.90. The number of fused-ring (bicyclic) bond motifs is 2. The van der Waals surface area contributed by atoms with Gasteiger partial charge in [0.25, 0.3) is 0 Å². The molecule has 0 amide bonds. The highest BCUT2D eigenvalue weighted by atomic mass is 14.6. The van der Waals surface area contributed by atoms with Gasteiger partial charge < -0.3 is 0 Å². The molecule has 4 aliphatic carbocycles. The van der Waals surface area contributed by atoms with Crippen LogP contribution in [0.3, 0.4) is 0 Å². The Hall–Kier alpha value is -0.130. The summed E-state index contributed by atoms with van der Waals surface area (Å²) in [5.74, 6) is 2.16. The van der Waals surface area contributed by atoms with Crippen LogP contribution in [-0.4, -0.2) is 0 Å². The summed E-state index contributed by atoms with van der Waals surface area (Å²) in [5, 5.41) is 0. The van der Waals surface area contributed by atoms with E-state index in [4.69, 9.17) is 0 Å². The Bertz CT molecular complexity index is 147. The molecule has 0 unspecified atom stereocenters. The summed E-state index contributed by atoms with van der Waals surface area (Å²) in [4.78, 5) is 0. The molecule has 10 heavy (non-hydrogen) atoms. The van der Waals surface area contributed by atoms with Crippen molar-refractivity contribution in [1.82, 2.24) is 0 Å². The molecule has 0 nitrogen and oxygen atoms in total. The van der Waals surface area contributed by atoms with Crippen LogP contribution in [0, 0.1) is 23.7 Å². The fraction of sp³-hybridized carbons (Fsp3) is 0.900. The van der Waals surface area contributed by atoms with Crippen molar-refractivity contribution in [2.24, 2.45) is 17.3 Å². The maximum absolute atomic E-state index is 2.71. The lowest BCUT2D eigenvalue weighted by Crippen LogP contribution is -2.32. The van der Waals surface area contributed by atoms with E-state index in [0.717, 1.165) is 17.3 Å². The molecule has 0 heterocycles. The van der Waals surface area contributed by atoms with E-state index in [1.165, 1.54) is 25.7 Å². The second-order valence-corrected chi connectivity index (χ2v) is 4.51. The molecule has 0 aromatic carbocycles. The Morgan fingerprint density at radius 1 is 1.00 bits per heavy atom. The SMILES string of the molecule is [CH+]1C2CCC(CC2)C12CC2. The average Bonchev–Trinajstić information content (AvgIpc) is 2.72. The number of rotatable bonds is 0. The van der Waals surface area contributed by atoms with Crippen molar-refractivity contribution in [2.75, 3.05) is 0 Å². The number of hydrogen-bond acceptors (Lipinski definition) is 0. The first-order valence-corrected chi connectivity index (χ1v) is 4.75. The summed E-state index contributed by atoms with van der Waals surface area (Å²) in [5.41, 5.74) is 0.821. The van der Waals surface area contributed by atoms with E-state index >= 15 is 0 Å². The van der Waals surface area contributed by atoms with Crippen molar-refractivity contribution in [3.05, 3.63) is 6.42 Å². The molecule has 0 N–H and O–H groups in total. The van der Waals surface area contributed by atoms with Crippen molar-refractivity contribution in [3.63, 3.8) is 0 Å². The summed E-state index contributed by atoms with van der Waals surface area (Å²) in [6.45, 7) is 0. The van der Waals surface area contributed by atoms with Crippen molar-refractivity contribution in [1.29, 1.82) is 0 Å². The molecule has 0 heteroatoms. The molecule has 2 bridgehead atoms. The van der Waals surface area contributed by atoms with Crippen LogP contribution in [0.2, 0.25) is 0 Å². The summed E-state index contributed by atoms with van der Waals surface area (Å²) >= 11 is 0. The largest absolute Gasteiger partial charge is 0.111 e. The highest BCUT2D eigenvalue weighted by Crippen LogP contribution is 2.64. The molecule has 4 rings (SSSR count). The standard InChI is InChI=1S/C10H15/c1-3-9-4-2-8(1)7-10(9)5-6-10/h7-9H,1-6H2/q+1. The molecule has 54 valence electrons. The second-order valence-electron chi connectivity index (χ2n) is 4.51. The first kappa shape index (κ1) is 5.51. The predicted octanol–water partition coefficient (Wildman–Crippen LogP) is 2.79. The van der Waals surface area contributed by atoms with Gasteiger partial charge in [-0.1, -0.05) is 0 Å². The van der Waals surface area contributed by atoms with Gasteiger partial charge in [-0.15, -0.1) is 0 Å². The Morgan fingerprint density at radius 3 is 2.00 bits per heavy atom. The smallest absolute Gasteiger partial charge is 0.0415 e. The molecule has 0 radical (unpaired) electrons. The van der Waals surface area contributed by atoms with Crippen LogP contribution in [0.4, 0.5) is 0 Å². The third-order valence-corrected chi connectivity index (χ3v) is 3.98. The summed E-state index contributed by atoms with van der Waals surface area (Å²) in [7, 11) is 0. The van der Waals surface area contributed by atoms with Crippen LogP contribution in [0.15, 0.2) is 0 Å². The van der Waals surface area contributed by atoms with E-state index in [2.05, 4.69) is 6.42 Å². The van der Waals surface area contributed by atoms with Gasteiger partial charge in [-0.05, 0) is 38.5 Å². The van der Waals surface area contributed by atoms with Gasteiger partial charge in [0.05, 0.1) is 12.3 Å². The molecular weight excluding hydrogens is 120 g/mol. The molecule has 0 aromatic rings. The van der Waals surface area contributed by atoms with E-state index in [0.29, 0.717) is 0 Å². The van der Waals surface area contributed by atoms with Gasteiger partial charge in [-0.3, -0.25) is 0 Å². The maximum atomic E-state index is 2.71. The van der Waals surface area contributed by atoms with Crippen LogP contribution >= 0.6 is 0 Å². The van der Waals surface area contributed by atoms with Crippen LogP contribution < -0.4 is 0 Å². The lowest BCUT2D eigenvalue weighted by Gasteiger charge is -2.35. The van der Waals surface area contributed by atoms with Crippen molar-refractivity contribution in [3.8, 4) is 0 Å². The quantitative estimate of drug-likeness (QED) is 0.448. The third-order valence-electron chi connectivity index (χ3n) is 3.98. The van der Waals surface area contributed by atoms with Gasteiger partial charge >= 0.3 is 0 Å². The molecule has 0 atom stereocenters. The van der Waals surface area contributed by atoms with Gasteiger partial charge in [0.1, 0.15) is 5.41 Å². The van der Waals surface area contributed by atoms with Crippen molar-refractivity contribution < 1.29 is 0 Å². The molecule has 4 aliphatic rings.